The van der Waals surface area contributed by atoms with E-state index in [1.165, 1.54) is 41.2 Å². The van der Waals surface area contributed by atoms with E-state index in [0.29, 0.717) is 40.0 Å². The second-order valence-electron chi connectivity index (χ2n) is 9.38. The molecular weight excluding hydrogens is 534 g/mol. The van der Waals surface area contributed by atoms with Crippen LogP contribution in [-0.2, 0) is 20.9 Å². The van der Waals surface area contributed by atoms with Gasteiger partial charge in [-0.1, -0.05) is 17.7 Å². The highest BCUT2D eigenvalue weighted by Gasteiger charge is 2.44. The van der Waals surface area contributed by atoms with Crippen LogP contribution in [0.5, 0.6) is 0 Å². The number of amides is 1. The molecule has 10 nitrogen and oxygen atoms in total. The van der Waals surface area contributed by atoms with Crippen LogP contribution in [0.2, 0.25) is 5.02 Å². The Hall–Kier alpha value is -4.70. The third-order valence-corrected chi connectivity index (χ3v) is 7.30. The number of halogens is 1. The number of carbonyl (C=O) groups excluding carboxylic acids is 3. The van der Waals surface area contributed by atoms with Gasteiger partial charge in [0.15, 0.2) is 5.78 Å². The van der Waals surface area contributed by atoms with E-state index < -0.39 is 23.4 Å². The molecule has 0 radical (unpaired) electrons. The highest BCUT2D eigenvalue weighted by atomic mass is 35.5. The standard InChI is InChI=1S/C29H26ClN5O5/c1-3-13-34-20-8-7-18(30)14-17(20)15-19(28(34)38)23-24-21(5-4-6-22(24)36)35(26(31)25(23)29(39)40-2)33-27(37)16-9-11-32-12-10-16/h3,7-12,14-15,23H,1,4-6,13,31H2,2H3,(H,33,37). The van der Waals surface area contributed by atoms with Crippen molar-refractivity contribution in [3.63, 3.8) is 0 Å². The molecule has 1 unspecified atom stereocenters. The summed E-state index contributed by atoms with van der Waals surface area (Å²) in [6.45, 7) is 3.95. The van der Waals surface area contributed by atoms with Gasteiger partial charge in [0.1, 0.15) is 5.82 Å². The number of benzene rings is 1. The number of aromatic nitrogens is 2. The quantitative estimate of drug-likeness (QED) is 0.347. The first-order valence-corrected chi connectivity index (χ1v) is 12.9. The van der Waals surface area contributed by atoms with E-state index >= 15 is 0 Å². The molecule has 2 aromatic heterocycles. The largest absolute Gasteiger partial charge is 0.466 e. The molecule has 204 valence electrons. The lowest BCUT2D eigenvalue weighted by molar-refractivity contribution is -0.136. The number of Topliss-reactive ketones (excluding diaryl/α,β-unsaturated/α-hetero) is 1. The lowest BCUT2D eigenvalue weighted by Crippen LogP contribution is -2.49. The average Bonchev–Trinajstić information content (AvgIpc) is 2.95. The molecule has 3 aromatic rings. The van der Waals surface area contributed by atoms with Crippen LogP contribution in [0.4, 0.5) is 0 Å². The Labute approximate surface area is 234 Å². The number of carbonyl (C=O) groups is 3. The highest BCUT2D eigenvalue weighted by Crippen LogP contribution is 2.44. The lowest BCUT2D eigenvalue weighted by atomic mass is 9.75. The zero-order chi connectivity index (χ0) is 28.6. The molecule has 1 aromatic carbocycles. The zero-order valence-electron chi connectivity index (χ0n) is 21.6. The van der Waals surface area contributed by atoms with Crippen molar-refractivity contribution in [1.29, 1.82) is 0 Å². The van der Waals surface area contributed by atoms with E-state index in [-0.39, 0.29) is 41.3 Å². The monoisotopic (exact) mass is 559 g/mol. The number of hydrogen-bond acceptors (Lipinski definition) is 8. The molecule has 1 atom stereocenters. The molecule has 0 saturated heterocycles. The van der Waals surface area contributed by atoms with Crippen LogP contribution in [-0.4, -0.2) is 39.3 Å². The predicted molar refractivity (Wildman–Crippen MR) is 149 cm³/mol. The fourth-order valence-corrected chi connectivity index (χ4v) is 5.48. The van der Waals surface area contributed by atoms with E-state index in [2.05, 4.69) is 17.0 Å². The van der Waals surface area contributed by atoms with Crippen molar-refractivity contribution in [3.05, 3.63) is 111 Å². The number of ether oxygens (including phenoxy) is 1. The summed E-state index contributed by atoms with van der Waals surface area (Å²) in [5.74, 6) is -2.89. The minimum Gasteiger partial charge on any atom is -0.466 e. The molecule has 1 amide bonds. The minimum absolute atomic E-state index is 0.129. The van der Waals surface area contributed by atoms with Gasteiger partial charge >= 0.3 is 5.97 Å². The van der Waals surface area contributed by atoms with Gasteiger partial charge in [0.2, 0.25) is 0 Å². The number of nitrogens with zero attached hydrogens (tertiary/aromatic N) is 3. The summed E-state index contributed by atoms with van der Waals surface area (Å²) < 4.78 is 6.59. The SMILES string of the molecule is C=CCn1c(=O)c(C2C(C(=O)OC)=C(N)N(NC(=O)c3ccncc3)C3=C2C(=O)CCC3)cc2cc(Cl)ccc21. The van der Waals surface area contributed by atoms with Crippen molar-refractivity contribution >= 4 is 40.2 Å². The zero-order valence-corrected chi connectivity index (χ0v) is 22.4. The summed E-state index contributed by atoms with van der Waals surface area (Å²) in [5, 5.41) is 2.34. The van der Waals surface area contributed by atoms with E-state index in [0.717, 1.165) is 0 Å². The summed E-state index contributed by atoms with van der Waals surface area (Å²) in [4.78, 5) is 57.9. The molecule has 1 aliphatic heterocycles. The molecule has 11 heteroatoms. The molecule has 1 aliphatic carbocycles. The van der Waals surface area contributed by atoms with E-state index in [1.54, 1.807) is 30.3 Å². The number of nitrogens with one attached hydrogen (secondary N) is 1. The summed E-state index contributed by atoms with van der Waals surface area (Å²) >= 11 is 6.28. The third kappa shape index (κ3) is 4.56. The second-order valence-corrected chi connectivity index (χ2v) is 9.82. The van der Waals surface area contributed by atoms with Gasteiger partial charge in [-0.15, -0.1) is 6.58 Å². The topological polar surface area (TPSA) is 137 Å². The van der Waals surface area contributed by atoms with Gasteiger partial charge in [-0.3, -0.25) is 24.8 Å². The van der Waals surface area contributed by atoms with E-state index in [4.69, 9.17) is 22.1 Å². The molecular formula is C29H26ClN5O5. The lowest BCUT2D eigenvalue weighted by Gasteiger charge is -2.40. The van der Waals surface area contributed by atoms with Gasteiger partial charge in [-0.25, -0.2) is 9.80 Å². The van der Waals surface area contributed by atoms with Gasteiger partial charge in [0, 0.05) is 58.2 Å². The summed E-state index contributed by atoms with van der Waals surface area (Å²) in [6.07, 6.45) is 5.60. The number of pyridine rings is 2. The fourth-order valence-electron chi connectivity index (χ4n) is 5.30. The summed E-state index contributed by atoms with van der Waals surface area (Å²) in [7, 11) is 1.18. The number of fused-ring (bicyclic) bond motifs is 1. The maximum atomic E-state index is 14.0. The Morgan fingerprint density at radius 1 is 1.20 bits per heavy atom. The molecule has 40 heavy (non-hydrogen) atoms. The van der Waals surface area contributed by atoms with Crippen LogP contribution >= 0.6 is 11.6 Å². The number of allylic oxidation sites excluding steroid dienone is 3. The van der Waals surface area contributed by atoms with Crippen LogP contribution in [0, 0.1) is 0 Å². The van der Waals surface area contributed by atoms with Gasteiger partial charge in [0.25, 0.3) is 11.5 Å². The van der Waals surface area contributed by atoms with Crippen LogP contribution in [0.15, 0.2) is 88.9 Å². The molecule has 3 N–H and O–H groups in total. The third-order valence-electron chi connectivity index (χ3n) is 7.06. The van der Waals surface area contributed by atoms with E-state index in [9.17, 15) is 19.2 Å². The van der Waals surface area contributed by atoms with Crippen LogP contribution in [0.3, 0.4) is 0 Å². The average molecular weight is 560 g/mol. The summed E-state index contributed by atoms with van der Waals surface area (Å²) in [6, 6.07) is 9.77. The van der Waals surface area contributed by atoms with Gasteiger partial charge < -0.3 is 15.0 Å². The van der Waals surface area contributed by atoms with Crippen LogP contribution < -0.4 is 16.7 Å². The highest BCUT2D eigenvalue weighted by molar-refractivity contribution is 6.31. The number of rotatable bonds is 6. The second kappa shape index (κ2) is 10.8. The number of ketones is 1. The molecule has 0 bridgehead atoms. The van der Waals surface area contributed by atoms with Crippen molar-refractivity contribution in [2.45, 2.75) is 31.7 Å². The van der Waals surface area contributed by atoms with Crippen molar-refractivity contribution in [2.24, 2.45) is 5.73 Å². The van der Waals surface area contributed by atoms with Crippen LogP contribution in [0.1, 0.15) is 41.1 Å². The number of nitrogens with two attached hydrogens (primary N) is 1. The van der Waals surface area contributed by atoms with E-state index in [1.807, 2.05) is 0 Å². The van der Waals surface area contributed by atoms with Gasteiger partial charge in [-0.2, -0.15) is 0 Å². The number of hydrogen-bond donors (Lipinski definition) is 2. The molecule has 0 spiro atoms. The Kier molecular flexibility index (Phi) is 7.27. The predicted octanol–water partition coefficient (Wildman–Crippen LogP) is 3.33. The molecule has 0 fully saturated rings. The Balaban J connectivity index is 1.77. The molecule has 2 aliphatic rings. The fraction of sp³-hybridized carbons (Fsp3) is 0.207. The van der Waals surface area contributed by atoms with Gasteiger partial charge in [-0.05, 0) is 49.2 Å². The first-order valence-electron chi connectivity index (χ1n) is 12.6. The Morgan fingerprint density at radius 2 is 1.95 bits per heavy atom. The number of hydrazine groups is 1. The number of esters is 1. The molecule has 5 rings (SSSR count). The minimum atomic E-state index is -1.13. The van der Waals surface area contributed by atoms with Gasteiger partial charge in [0.05, 0.1) is 24.1 Å². The van der Waals surface area contributed by atoms with Crippen molar-refractivity contribution in [3.8, 4) is 0 Å². The smallest absolute Gasteiger partial charge is 0.338 e. The van der Waals surface area contributed by atoms with Crippen LogP contribution in [0.25, 0.3) is 10.9 Å². The maximum Gasteiger partial charge on any atom is 0.338 e. The normalized spacial score (nSPS) is 17.1. The summed E-state index contributed by atoms with van der Waals surface area (Å²) in [5.41, 5.74) is 10.4. The Bertz CT molecular complexity index is 1690. The Morgan fingerprint density at radius 3 is 2.65 bits per heavy atom. The maximum absolute atomic E-state index is 14.0. The molecule has 0 saturated carbocycles. The van der Waals surface area contributed by atoms with Crippen molar-refractivity contribution in [1.82, 2.24) is 20.0 Å². The number of methoxy groups -OCH3 is 1. The van der Waals surface area contributed by atoms with Crippen molar-refractivity contribution in [2.75, 3.05) is 7.11 Å². The molecule has 3 heterocycles. The first-order chi connectivity index (χ1) is 19.3. The van der Waals surface area contributed by atoms with Crippen molar-refractivity contribution < 1.29 is 19.1 Å². The first kappa shape index (κ1) is 26.9.